The van der Waals surface area contributed by atoms with Gasteiger partial charge in [0.2, 0.25) is 0 Å². The molecule has 1 saturated carbocycles. The second kappa shape index (κ2) is 4.12. The number of aromatic carboxylic acids is 1. The molecule has 0 atom stereocenters. The third-order valence-corrected chi connectivity index (χ3v) is 3.87. The standard InChI is InChI=1S/C14H14N2O3/c15-12-9-5-4-8(7-2-1-3-7)6-10(9)16-13(17)11(12)14(18)19/h4-7H,1-3H2,(H,18,19)(H3,15,16,17). The summed E-state index contributed by atoms with van der Waals surface area (Å²) in [4.78, 5) is 25.4. The zero-order valence-corrected chi connectivity index (χ0v) is 10.3. The van der Waals surface area contributed by atoms with Crippen LogP contribution in [-0.2, 0) is 0 Å². The van der Waals surface area contributed by atoms with Crippen molar-refractivity contribution in [2.24, 2.45) is 0 Å². The molecular weight excluding hydrogens is 244 g/mol. The molecule has 0 amide bonds. The number of pyridine rings is 1. The number of nitrogens with one attached hydrogen (secondary N) is 1. The van der Waals surface area contributed by atoms with Crippen LogP contribution in [0.2, 0.25) is 0 Å². The number of carboxylic acids is 1. The normalized spacial score (nSPS) is 15.4. The first-order chi connectivity index (χ1) is 9.08. The Kier molecular flexibility index (Phi) is 2.55. The molecule has 0 unspecified atom stereocenters. The number of aromatic nitrogens is 1. The number of hydrogen-bond donors (Lipinski definition) is 3. The highest BCUT2D eigenvalue weighted by atomic mass is 16.4. The molecule has 19 heavy (non-hydrogen) atoms. The van der Waals surface area contributed by atoms with Gasteiger partial charge in [-0.25, -0.2) is 4.79 Å². The predicted molar refractivity (Wildman–Crippen MR) is 72.5 cm³/mol. The van der Waals surface area contributed by atoms with Crippen LogP contribution in [-0.4, -0.2) is 16.1 Å². The van der Waals surface area contributed by atoms with Crippen molar-refractivity contribution in [1.82, 2.24) is 4.98 Å². The Morgan fingerprint density at radius 1 is 1.37 bits per heavy atom. The van der Waals surface area contributed by atoms with Gasteiger partial charge < -0.3 is 15.8 Å². The van der Waals surface area contributed by atoms with Gasteiger partial charge in [0.25, 0.3) is 5.56 Å². The van der Waals surface area contributed by atoms with Gasteiger partial charge in [0.05, 0.1) is 11.2 Å². The molecule has 1 aromatic heterocycles. The van der Waals surface area contributed by atoms with Crippen LogP contribution in [0.15, 0.2) is 23.0 Å². The van der Waals surface area contributed by atoms with E-state index in [4.69, 9.17) is 10.8 Å². The van der Waals surface area contributed by atoms with E-state index in [1.807, 2.05) is 12.1 Å². The first-order valence-corrected chi connectivity index (χ1v) is 6.26. The molecule has 0 bridgehead atoms. The van der Waals surface area contributed by atoms with E-state index in [2.05, 4.69) is 4.98 Å². The smallest absolute Gasteiger partial charge is 0.343 e. The molecule has 3 rings (SSSR count). The number of carbonyl (C=O) groups is 1. The van der Waals surface area contributed by atoms with Crippen LogP contribution in [0.4, 0.5) is 5.69 Å². The topological polar surface area (TPSA) is 96.2 Å². The summed E-state index contributed by atoms with van der Waals surface area (Å²) in [5, 5.41) is 9.58. The van der Waals surface area contributed by atoms with Gasteiger partial charge in [0.15, 0.2) is 0 Å². The zero-order valence-electron chi connectivity index (χ0n) is 10.3. The van der Waals surface area contributed by atoms with Crippen LogP contribution in [0, 0.1) is 0 Å². The van der Waals surface area contributed by atoms with Crippen molar-refractivity contribution in [3.8, 4) is 0 Å². The van der Waals surface area contributed by atoms with Crippen molar-refractivity contribution in [2.45, 2.75) is 25.2 Å². The van der Waals surface area contributed by atoms with Crippen LogP contribution in [0.3, 0.4) is 0 Å². The van der Waals surface area contributed by atoms with Crippen molar-refractivity contribution < 1.29 is 9.90 Å². The second-order valence-electron chi connectivity index (χ2n) is 4.98. The molecule has 1 aromatic carbocycles. The van der Waals surface area contributed by atoms with Gasteiger partial charge >= 0.3 is 5.97 Å². The van der Waals surface area contributed by atoms with Gasteiger partial charge in [-0.1, -0.05) is 18.6 Å². The first-order valence-electron chi connectivity index (χ1n) is 6.26. The van der Waals surface area contributed by atoms with Crippen molar-refractivity contribution in [3.05, 3.63) is 39.7 Å². The van der Waals surface area contributed by atoms with Crippen molar-refractivity contribution in [3.63, 3.8) is 0 Å². The summed E-state index contributed by atoms with van der Waals surface area (Å²) in [5.41, 5.74) is 6.58. The molecule has 1 aliphatic carbocycles. The van der Waals surface area contributed by atoms with E-state index in [-0.39, 0.29) is 11.3 Å². The van der Waals surface area contributed by atoms with Gasteiger partial charge in [-0.3, -0.25) is 4.79 Å². The summed E-state index contributed by atoms with van der Waals surface area (Å²) in [6, 6.07) is 5.66. The minimum atomic E-state index is -1.30. The molecule has 4 N–H and O–H groups in total. The lowest BCUT2D eigenvalue weighted by molar-refractivity contribution is 0.0696. The largest absolute Gasteiger partial charge is 0.477 e. The predicted octanol–water partition coefficient (Wildman–Crippen LogP) is 2.08. The lowest BCUT2D eigenvalue weighted by Gasteiger charge is -2.26. The van der Waals surface area contributed by atoms with Crippen LogP contribution in [0.5, 0.6) is 0 Å². The van der Waals surface area contributed by atoms with Gasteiger partial charge in [-0.15, -0.1) is 0 Å². The van der Waals surface area contributed by atoms with E-state index in [0.717, 1.165) is 0 Å². The Bertz CT molecular complexity index is 729. The molecule has 0 saturated heterocycles. The average molecular weight is 258 g/mol. The van der Waals surface area contributed by atoms with Gasteiger partial charge in [-0.2, -0.15) is 0 Å². The summed E-state index contributed by atoms with van der Waals surface area (Å²) < 4.78 is 0. The highest BCUT2D eigenvalue weighted by molar-refractivity contribution is 6.03. The van der Waals surface area contributed by atoms with Crippen LogP contribution >= 0.6 is 0 Å². The summed E-state index contributed by atoms with van der Waals surface area (Å²) in [5.74, 6) is -0.753. The fraction of sp³-hybridized carbons (Fsp3) is 0.286. The minimum absolute atomic E-state index is 0.0337. The number of hydrogen-bond acceptors (Lipinski definition) is 3. The number of anilines is 1. The maximum Gasteiger partial charge on any atom is 0.343 e. The quantitative estimate of drug-likeness (QED) is 0.768. The Balaban J connectivity index is 2.23. The van der Waals surface area contributed by atoms with Gasteiger partial charge in [-0.05, 0) is 30.4 Å². The van der Waals surface area contributed by atoms with Gasteiger partial charge in [0, 0.05) is 5.39 Å². The molecule has 1 fully saturated rings. The van der Waals surface area contributed by atoms with Crippen molar-refractivity contribution >= 4 is 22.6 Å². The molecule has 0 radical (unpaired) electrons. The molecule has 98 valence electrons. The molecular formula is C14H14N2O3. The Morgan fingerprint density at radius 2 is 2.11 bits per heavy atom. The number of fused-ring (bicyclic) bond motifs is 1. The van der Waals surface area contributed by atoms with Crippen LogP contribution in [0.25, 0.3) is 10.9 Å². The maximum absolute atomic E-state index is 11.7. The first kappa shape index (κ1) is 11.8. The van der Waals surface area contributed by atoms with Crippen LogP contribution < -0.4 is 11.3 Å². The van der Waals surface area contributed by atoms with Gasteiger partial charge in [0.1, 0.15) is 5.56 Å². The third kappa shape index (κ3) is 1.78. The minimum Gasteiger partial charge on any atom is -0.477 e. The highest BCUT2D eigenvalue weighted by Gasteiger charge is 2.21. The SMILES string of the molecule is Nc1c(C(=O)O)c(=O)[nH]c2cc(C3CCC3)ccc12. The summed E-state index contributed by atoms with van der Waals surface area (Å²) in [6.45, 7) is 0. The molecule has 0 spiro atoms. The molecule has 5 heteroatoms. The van der Waals surface area contributed by atoms with E-state index in [0.29, 0.717) is 16.8 Å². The van der Waals surface area contributed by atoms with Crippen molar-refractivity contribution in [2.75, 3.05) is 5.73 Å². The maximum atomic E-state index is 11.7. The molecule has 0 aliphatic heterocycles. The number of nitrogen functional groups attached to an aromatic ring is 1. The van der Waals surface area contributed by atoms with E-state index in [1.54, 1.807) is 6.07 Å². The zero-order chi connectivity index (χ0) is 13.6. The Hall–Kier alpha value is -2.30. The monoisotopic (exact) mass is 258 g/mol. The number of carboxylic acid groups (broad SMARTS) is 1. The molecule has 1 heterocycles. The van der Waals surface area contributed by atoms with E-state index in [9.17, 15) is 9.59 Å². The summed E-state index contributed by atoms with van der Waals surface area (Å²) in [6.07, 6.45) is 3.57. The molecule has 5 nitrogen and oxygen atoms in total. The third-order valence-electron chi connectivity index (χ3n) is 3.87. The lowest BCUT2D eigenvalue weighted by atomic mass is 9.80. The lowest BCUT2D eigenvalue weighted by Crippen LogP contribution is -2.20. The van der Waals surface area contributed by atoms with Crippen molar-refractivity contribution in [1.29, 1.82) is 0 Å². The number of H-pyrrole nitrogens is 1. The number of benzene rings is 1. The Morgan fingerprint density at radius 3 is 2.68 bits per heavy atom. The van der Waals surface area contributed by atoms with E-state index in [1.165, 1.54) is 24.8 Å². The highest BCUT2D eigenvalue weighted by Crippen LogP contribution is 2.37. The average Bonchev–Trinajstić information content (AvgIpc) is 2.25. The summed E-state index contributed by atoms with van der Waals surface area (Å²) >= 11 is 0. The molecule has 2 aromatic rings. The second-order valence-corrected chi connectivity index (χ2v) is 4.98. The molecule has 1 aliphatic rings. The number of aromatic amines is 1. The van der Waals surface area contributed by atoms with Crippen LogP contribution in [0.1, 0.15) is 41.1 Å². The van der Waals surface area contributed by atoms with E-state index >= 15 is 0 Å². The number of nitrogens with two attached hydrogens (primary N) is 1. The van der Waals surface area contributed by atoms with E-state index < -0.39 is 11.5 Å². The fourth-order valence-corrected chi connectivity index (χ4v) is 2.55. The summed E-state index contributed by atoms with van der Waals surface area (Å²) in [7, 11) is 0. The number of rotatable bonds is 2. The fourth-order valence-electron chi connectivity index (χ4n) is 2.55. The Labute approximate surface area is 109 Å².